The van der Waals surface area contributed by atoms with Crippen molar-refractivity contribution < 1.29 is 9.53 Å². The van der Waals surface area contributed by atoms with Crippen LogP contribution in [0.1, 0.15) is 16.7 Å². The van der Waals surface area contributed by atoms with E-state index < -0.39 is 5.97 Å². The number of carbonyl (C=O) groups is 1. The normalized spacial score (nSPS) is 9.62. The molecule has 0 aliphatic rings. The third-order valence-corrected chi connectivity index (χ3v) is 2.87. The Morgan fingerprint density at radius 1 is 1.56 bits per heavy atom. The molecule has 0 fully saturated rings. The van der Waals surface area contributed by atoms with Gasteiger partial charge in [0.2, 0.25) is 0 Å². The summed E-state index contributed by atoms with van der Waals surface area (Å²) in [7, 11) is 1.30. The zero-order chi connectivity index (χ0) is 12.1. The maximum absolute atomic E-state index is 11.2. The van der Waals surface area contributed by atoms with E-state index in [1.807, 2.05) is 6.07 Å². The first-order chi connectivity index (χ1) is 7.63. The Morgan fingerprint density at radius 2 is 2.25 bits per heavy atom. The van der Waals surface area contributed by atoms with Crippen LogP contribution < -0.4 is 0 Å². The maximum Gasteiger partial charge on any atom is 0.310 e. The minimum absolute atomic E-state index is 0.0207. The molecule has 0 saturated heterocycles. The van der Waals surface area contributed by atoms with Gasteiger partial charge in [0.25, 0.3) is 0 Å². The molecule has 0 heterocycles. The van der Waals surface area contributed by atoms with Gasteiger partial charge in [0.05, 0.1) is 24.1 Å². The zero-order valence-electron chi connectivity index (χ0n) is 8.59. The molecule has 0 bridgehead atoms. The highest BCUT2D eigenvalue weighted by molar-refractivity contribution is 6.33. The van der Waals surface area contributed by atoms with Crippen molar-refractivity contribution in [1.29, 1.82) is 5.26 Å². The summed E-state index contributed by atoms with van der Waals surface area (Å²) in [4.78, 5) is 11.2. The molecule has 1 rings (SSSR count). The highest BCUT2D eigenvalue weighted by atomic mass is 35.5. The molecule has 0 N–H and O–H groups in total. The third kappa shape index (κ3) is 2.66. The fourth-order valence-corrected chi connectivity index (χ4v) is 1.82. The van der Waals surface area contributed by atoms with E-state index in [-0.39, 0.29) is 17.3 Å². The van der Waals surface area contributed by atoms with Crippen LogP contribution >= 0.6 is 23.2 Å². The number of hydrogen-bond acceptors (Lipinski definition) is 3. The molecular formula is C11H9Cl2NO2. The molecule has 16 heavy (non-hydrogen) atoms. The number of carbonyl (C=O) groups excluding carboxylic acids is 1. The van der Waals surface area contributed by atoms with E-state index in [0.717, 1.165) is 5.56 Å². The third-order valence-electron chi connectivity index (χ3n) is 2.15. The van der Waals surface area contributed by atoms with Crippen LogP contribution in [0.2, 0.25) is 5.02 Å². The van der Waals surface area contributed by atoms with Gasteiger partial charge in [-0.2, -0.15) is 5.26 Å². The summed E-state index contributed by atoms with van der Waals surface area (Å²) in [5.74, 6) is -0.180. The summed E-state index contributed by atoms with van der Waals surface area (Å²) in [6.07, 6.45) is 0.0207. The Labute approximate surface area is 104 Å². The highest BCUT2D eigenvalue weighted by Crippen LogP contribution is 2.26. The van der Waals surface area contributed by atoms with Crippen LogP contribution in [0.4, 0.5) is 0 Å². The van der Waals surface area contributed by atoms with Crippen LogP contribution in [0.25, 0.3) is 0 Å². The average molecular weight is 258 g/mol. The molecule has 0 aliphatic heterocycles. The zero-order valence-corrected chi connectivity index (χ0v) is 10.1. The van der Waals surface area contributed by atoms with Gasteiger partial charge >= 0.3 is 5.97 Å². The minimum atomic E-state index is -0.414. The molecule has 84 valence electrons. The Balaban J connectivity index is 3.22. The second kappa shape index (κ2) is 5.74. The van der Waals surface area contributed by atoms with Gasteiger partial charge < -0.3 is 4.74 Å². The van der Waals surface area contributed by atoms with E-state index in [9.17, 15) is 4.79 Å². The van der Waals surface area contributed by atoms with E-state index in [1.165, 1.54) is 7.11 Å². The predicted octanol–water partition coefficient (Wildman–Crippen LogP) is 2.67. The molecule has 0 atom stereocenters. The van der Waals surface area contributed by atoms with E-state index in [0.29, 0.717) is 11.1 Å². The van der Waals surface area contributed by atoms with E-state index in [1.54, 1.807) is 12.1 Å². The summed E-state index contributed by atoms with van der Waals surface area (Å²) >= 11 is 11.7. The number of halogens is 2. The SMILES string of the molecule is COC(=O)Cc1c(CCl)ccc(C#N)c1Cl. The molecule has 0 saturated carbocycles. The highest BCUT2D eigenvalue weighted by Gasteiger charge is 2.14. The number of alkyl halides is 1. The van der Waals surface area contributed by atoms with Gasteiger partial charge in [0.1, 0.15) is 6.07 Å². The first kappa shape index (κ1) is 12.8. The Morgan fingerprint density at radius 3 is 2.75 bits per heavy atom. The molecule has 3 nitrogen and oxygen atoms in total. The van der Waals surface area contributed by atoms with Crippen LogP contribution in [0.3, 0.4) is 0 Å². The van der Waals surface area contributed by atoms with E-state index >= 15 is 0 Å². The lowest BCUT2D eigenvalue weighted by Crippen LogP contribution is -2.07. The van der Waals surface area contributed by atoms with Crippen LogP contribution in [0, 0.1) is 11.3 Å². The van der Waals surface area contributed by atoms with Crippen LogP contribution in [0.15, 0.2) is 12.1 Å². The van der Waals surface area contributed by atoms with Gasteiger partial charge in [-0.3, -0.25) is 4.79 Å². The van der Waals surface area contributed by atoms with Crippen molar-refractivity contribution in [3.8, 4) is 6.07 Å². The number of nitriles is 1. The van der Waals surface area contributed by atoms with E-state index in [2.05, 4.69) is 4.74 Å². The van der Waals surface area contributed by atoms with Gasteiger partial charge in [0, 0.05) is 5.88 Å². The standard InChI is InChI=1S/C11H9Cl2NO2/c1-16-10(15)4-9-7(5-12)2-3-8(6-14)11(9)13/h2-3H,4-5H2,1H3. The second-order valence-electron chi connectivity index (χ2n) is 3.06. The molecule has 0 aliphatic carbocycles. The fraction of sp³-hybridized carbons (Fsp3) is 0.273. The number of methoxy groups -OCH3 is 1. The number of benzene rings is 1. The van der Waals surface area contributed by atoms with Crippen LogP contribution in [-0.2, 0) is 21.8 Å². The van der Waals surface area contributed by atoms with Gasteiger partial charge in [-0.15, -0.1) is 11.6 Å². The van der Waals surface area contributed by atoms with Crippen molar-refractivity contribution in [2.24, 2.45) is 0 Å². The molecule has 0 spiro atoms. The molecule has 0 radical (unpaired) electrons. The lowest BCUT2D eigenvalue weighted by Gasteiger charge is -2.09. The second-order valence-corrected chi connectivity index (χ2v) is 3.71. The summed E-state index contributed by atoms with van der Waals surface area (Å²) < 4.78 is 4.56. The lowest BCUT2D eigenvalue weighted by molar-refractivity contribution is -0.139. The van der Waals surface area contributed by atoms with Crippen molar-refractivity contribution >= 4 is 29.2 Å². The number of nitrogens with zero attached hydrogens (tertiary/aromatic N) is 1. The molecule has 1 aromatic carbocycles. The molecule has 1 aromatic rings. The van der Waals surface area contributed by atoms with Crippen LogP contribution in [0.5, 0.6) is 0 Å². The Kier molecular flexibility index (Phi) is 4.60. The molecular weight excluding hydrogens is 249 g/mol. The van der Waals surface area contributed by atoms with Crippen LogP contribution in [-0.4, -0.2) is 13.1 Å². The molecule has 5 heteroatoms. The van der Waals surface area contributed by atoms with Crippen molar-refractivity contribution in [3.05, 3.63) is 33.8 Å². The summed E-state index contributed by atoms with van der Waals surface area (Å²) in [5.41, 5.74) is 1.62. The smallest absolute Gasteiger partial charge is 0.310 e. The van der Waals surface area contributed by atoms with Crippen molar-refractivity contribution in [1.82, 2.24) is 0 Å². The first-order valence-corrected chi connectivity index (χ1v) is 5.38. The average Bonchev–Trinajstić information content (AvgIpc) is 2.31. The Hall–Kier alpha value is -1.24. The quantitative estimate of drug-likeness (QED) is 0.618. The number of ether oxygens (including phenoxy) is 1. The van der Waals surface area contributed by atoms with Gasteiger partial charge in [0.15, 0.2) is 0 Å². The molecule has 0 aromatic heterocycles. The fourth-order valence-electron chi connectivity index (χ4n) is 1.28. The Bertz CT molecular complexity index is 452. The molecule has 0 unspecified atom stereocenters. The maximum atomic E-state index is 11.2. The number of esters is 1. The van der Waals surface area contributed by atoms with Crippen molar-refractivity contribution in [2.45, 2.75) is 12.3 Å². The predicted molar refractivity (Wildman–Crippen MR) is 61.4 cm³/mol. The number of rotatable bonds is 3. The van der Waals surface area contributed by atoms with Gasteiger partial charge in [-0.05, 0) is 17.2 Å². The first-order valence-electron chi connectivity index (χ1n) is 4.47. The largest absolute Gasteiger partial charge is 0.469 e. The van der Waals surface area contributed by atoms with Crippen molar-refractivity contribution in [3.63, 3.8) is 0 Å². The van der Waals surface area contributed by atoms with Gasteiger partial charge in [-0.25, -0.2) is 0 Å². The topological polar surface area (TPSA) is 50.1 Å². The summed E-state index contributed by atoms with van der Waals surface area (Å²) in [6, 6.07) is 5.23. The van der Waals surface area contributed by atoms with Crippen molar-refractivity contribution in [2.75, 3.05) is 7.11 Å². The number of hydrogen-bond donors (Lipinski definition) is 0. The van der Waals surface area contributed by atoms with E-state index in [4.69, 9.17) is 28.5 Å². The molecule has 0 amide bonds. The monoisotopic (exact) mass is 257 g/mol. The lowest BCUT2D eigenvalue weighted by atomic mass is 10.0. The summed E-state index contributed by atoms with van der Waals surface area (Å²) in [6.45, 7) is 0. The van der Waals surface area contributed by atoms with Gasteiger partial charge in [-0.1, -0.05) is 17.7 Å². The minimum Gasteiger partial charge on any atom is -0.469 e. The summed E-state index contributed by atoms with van der Waals surface area (Å²) in [5, 5.41) is 9.08.